The van der Waals surface area contributed by atoms with Gasteiger partial charge in [-0.25, -0.2) is 0 Å². The molecule has 0 fully saturated rings. The summed E-state index contributed by atoms with van der Waals surface area (Å²) in [6.07, 6.45) is -8.41. The quantitative estimate of drug-likeness (QED) is 0.196. The smallest absolute Gasteiger partial charge is 0.303 e. The number of carbonyl (C=O) groups excluding carboxylic acids is 6. The second kappa shape index (κ2) is 14.5. The molecule has 0 rings (SSSR count). The number of nitroso groups, excluding NO2 is 1. The molecule has 0 aliphatic rings. The maximum Gasteiger partial charge on any atom is 0.303 e. The summed E-state index contributed by atoms with van der Waals surface area (Å²) in [4.78, 5) is 80.9. The van der Waals surface area contributed by atoms with E-state index >= 15 is 0 Å². The first-order chi connectivity index (χ1) is 15.3. The van der Waals surface area contributed by atoms with Crippen molar-refractivity contribution in [1.29, 1.82) is 0 Å². The highest BCUT2D eigenvalue weighted by molar-refractivity contribution is 5.70. The van der Waals surface area contributed by atoms with Gasteiger partial charge in [-0.3, -0.25) is 28.8 Å². The van der Waals surface area contributed by atoms with Crippen LogP contribution in [0.2, 0.25) is 0 Å². The first kappa shape index (κ1) is 29.4. The third-order valence-electron chi connectivity index (χ3n) is 3.63. The Morgan fingerprint density at radius 3 is 1.27 bits per heavy atom. The van der Waals surface area contributed by atoms with Crippen molar-refractivity contribution in [3.8, 4) is 0 Å². The Balaban J connectivity index is 6.66. The molecule has 0 saturated carbocycles. The Morgan fingerprint density at radius 2 is 0.909 bits per heavy atom. The van der Waals surface area contributed by atoms with Gasteiger partial charge in [0.05, 0.1) is 0 Å². The molecular formula is C19H27NO13. The van der Waals surface area contributed by atoms with Crippen molar-refractivity contribution in [1.82, 2.24) is 0 Å². The second-order valence-corrected chi connectivity index (χ2v) is 6.63. The molecule has 186 valence electrons. The summed E-state index contributed by atoms with van der Waals surface area (Å²) in [5.41, 5.74) is 0. The number of hydrogen-bond acceptors (Lipinski definition) is 14. The summed E-state index contributed by atoms with van der Waals surface area (Å²) in [5.74, 6) is -5.44. The summed E-state index contributed by atoms with van der Waals surface area (Å²) in [7, 11) is 0. The lowest BCUT2D eigenvalue weighted by Gasteiger charge is -2.37. The second-order valence-electron chi connectivity index (χ2n) is 6.63. The van der Waals surface area contributed by atoms with E-state index in [1.807, 2.05) is 0 Å². The largest absolute Gasteiger partial charge is 0.462 e. The van der Waals surface area contributed by atoms with Gasteiger partial charge in [-0.2, -0.15) is 4.91 Å². The first-order valence-corrected chi connectivity index (χ1v) is 9.57. The van der Waals surface area contributed by atoms with Crippen molar-refractivity contribution >= 4 is 35.8 Å². The summed E-state index contributed by atoms with van der Waals surface area (Å²) >= 11 is 0. The average molecular weight is 477 g/mol. The normalized spacial score (nSPS) is 14.8. The molecule has 0 aromatic rings. The van der Waals surface area contributed by atoms with Crippen LogP contribution in [0.15, 0.2) is 5.18 Å². The zero-order valence-corrected chi connectivity index (χ0v) is 19.1. The van der Waals surface area contributed by atoms with E-state index < -0.39 is 79.5 Å². The molecule has 0 aliphatic heterocycles. The van der Waals surface area contributed by atoms with E-state index in [0.29, 0.717) is 0 Å². The highest BCUT2D eigenvalue weighted by Gasteiger charge is 2.48. The van der Waals surface area contributed by atoms with Crippen molar-refractivity contribution in [2.24, 2.45) is 5.18 Å². The van der Waals surface area contributed by atoms with E-state index in [-0.39, 0.29) is 0 Å². The van der Waals surface area contributed by atoms with Crippen LogP contribution in [0.25, 0.3) is 0 Å². The molecule has 0 radical (unpaired) electrons. The molecule has 0 amide bonds. The van der Waals surface area contributed by atoms with Gasteiger partial charge < -0.3 is 28.4 Å². The third-order valence-corrected chi connectivity index (χ3v) is 3.63. The van der Waals surface area contributed by atoms with Crippen LogP contribution in [0.4, 0.5) is 0 Å². The number of ether oxygens (including phenoxy) is 6. The molecule has 0 aromatic carbocycles. The van der Waals surface area contributed by atoms with Gasteiger partial charge in [-0.15, -0.1) is 0 Å². The van der Waals surface area contributed by atoms with Crippen LogP contribution < -0.4 is 0 Å². The van der Waals surface area contributed by atoms with E-state index in [1.54, 1.807) is 0 Å². The van der Waals surface area contributed by atoms with E-state index in [9.17, 15) is 33.7 Å². The minimum absolute atomic E-state index is 0.651. The Labute approximate surface area is 189 Å². The summed E-state index contributed by atoms with van der Waals surface area (Å²) in [6.45, 7) is 4.58. The fourth-order valence-corrected chi connectivity index (χ4v) is 2.71. The van der Waals surface area contributed by atoms with Crippen LogP contribution >= 0.6 is 0 Å². The number of carbonyl (C=O) groups is 6. The van der Waals surface area contributed by atoms with Crippen molar-refractivity contribution in [2.45, 2.75) is 72.1 Å². The van der Waals surface area contributed by atoms with E-state index in [2.05, 4.69) is 5.18 Å². The standard InChI is InChI=1S/C19H27NO13/c1-9(21)28-8-16(30-11(3)23)18(32-13(5)25)19(33-14(6)26)17(31-12(4)24)15(7-20-27)29-10(2)22/h15-19H,7-8H2,1-6H3/t15-,16-,17-,18-,19-/m1/s1. The Morgan fingerprint density at radius 1 is 0.545 bits per heavy atom. The zero-order chi connectivity index (χ0) is 25.7. The molecule has 0 aromatic heterocycles. The van der Waals surface area contributed by atoms with Gasteiger partial charge in [-0.05, 0) is 0 Å². The lowest BCUT2D eigenvalue weighted by Crippen LogP contribution is -2.57. The minimum Gasteiger partial charge on any atom is -0.462 e. The van der Waals surface area contributed by atoms with Gasteiger partial charge in [0.25, 0.3) is 0 Å². The predicted molar refractivity (Wildman–Crippen MR) is 105 cm³/mol. The molecular weight excluding hydrogens is 450 g/mol. The zero-order valence-electron chi connectivity index (χ0n) is 19.1. The molecule has 0 bridgehead atoms. The molecule has 0 aliphatic carbocycles. The number of rotatable bonds is 13. The fraction of sp³-hybridized carbons (Fsp3) is 0.684. The fourth-order valence-electron chi connectivity index (χ4n) is 2.71. The van der Waals surface area contributed by atoms with E-state index in [4.69, 9.17) is 28.4 Å². The topological polar surface area (TPSA) is 187 Å². The average Bonchev–Trinajstić information content (AvgIpc) is 2.64. The van der Waals surface area contributed by atoms with Crippen LogP contribution in [-0.2, 0) is 57.2 Å². The predicted octanol–water partition coefficient (Wildman–Crippen LogP) is -0.0256. The van der Waals surface area contributed by atoms with Gasteiger partial charge in [-0.1, -0.05) is 5.18 Å². The molecule has 0 unspecified atom stereocenters. The monoisotopic (exact) mass is 477 g/mol. The summed E-state index contributed by atoms with van der Waals surface area (Å²) < 4.78 is 30.4. The number of hydrogen-bond donors (Lipinski definition) is 0. The summed E-state index contributed by atoms with van der Waals surface area (Å²) in [5, 5.41) is 2.63. The number of nitrogens with zero attached hydrogens (tertiary/aromatic N) is 1. The van der Waals surface area contributed by atoms with Gasteiger partial charge in [0.2, 0.25) is 0 Å². The van der Waals surface area contributed by atoms with Crippen molar-refractivity contribution in [2.75, 3.05) is 13.2 Å². The van der Waals surface area contributed by atoms with Crippen molar-refractivity contribution < 1.29 is 57.2 Å². The van der Waals surface area contributed by atoms with Gasteiger partial charge >= 0.3 is 35.8 Å². The highest BCUT2D eigenvalue weighted by atomic mass is 16.6. The Hall–Kier alpha value is -3.58. The molecule has 0 spiro atoms. The molecule has 14 heteroatoms. The van der Waals surface area contributed by atoms with Gasteiger partial charge in [0, 0.05) is 41.5 Å². The SMILES string of the molecule is CC(=O)OC[C@@H](OC(C)=O)[C@@H](OC(C)=O)[C@H](OC(C)=O)[C@H](OC(C)=O)[C@@H](CN=O)OC(C)=O. The van der Waals surface area contributed by atoms with Crippen molar-refractivity contribution in [3.05, 3.63) is 4.91 Å². The van der Waals surface area contributed by atoms with Crippen LogP contribution in [-0.4, -0.2) is 79.5 Å². The van der Waals surface area contributed by atoms with Crippen LogP contribution in [0, 0.1) is 4.91 Å². The maximum absolute atomic E-state index is 11.9. The molecule has 33 heavy (non-hydrogen) atoms. The van der Waals surface area contributed by atoms with Gasteiger partial charge in [0.15, 0.2) is 30.5 Å². The Bertz CT molecular complexity index is 750. The van der Waals surface area contributed by atoms with Crippen LogP contribution in [0.3, 0.4) is 0 Å². The Kier molecular flexibility index (Phi) is 12.9. The highest BCUT2D eigenvalue weighted by Crippen LogP contribution is 2.24. The molecule has 14 nitrogen and oxygen atoms in total. The molecule has 0 heterocycles. The summed E-state index contributed by atoms with van der Waals surface area (Å²) in [6, 6.07) is 0. The minimum atomic E-state index is -1.79. The van der Waals surface area contributed by atoms with E-state index in [1.165, 1.54) is 0 Å². The van der Waals surface area contributed by atoms with Crippen LogP contribution in [0.5, 0.6) is 0 Å². The lowest BCUT2D eigenvalue weighted by molar-refractivity contribution is -0.212. The van der Waals surface area contributed by atoms with Crippen molar-refractivity contribution in [3.63, 3.8) is 0 Å². The van der Waals surface area contributed by atoms with Crippen LogP contribution in [0.1, 0.15) is 41.5 Å². The molecule has 0 N–H and O–H groups in total. The lowest BCUT2D eigenvalue weighted by atomic mass is 9.97. The third kappa shape index (κ3) is 12.1. The first-order valence-electron chi connectivity index (χ1n) is 9.57. The van der Waals surface area contributed by atoms with Gasteiger partial charge in [0.1, 0.15) is 13.2 Å². The molecule has 0 saturated heterocycles. The maximum atomic E-state index is 11.9. The molecule has 5 atom stereocenters. The number of esters is 6. The van der Waals surface area contributed by atoms with E-state index in [0.717, 1.165) is 41.5 Å².